The summed E-state index contributed by atoms with van der Waals surface area (Å²) in [5, 5.41) is 18.8. The molecule has 2 rings (SSSR count). The maximum absolute atomic E-state index is 12.5. The van der Waals surface area contributed by atoms with E-state index in [4.69, 9.17) is 15.3 Å². The number of anilines is 1. The first-order valence-corrected chi connectivity index (χ1v) is 8.88. The molecule has 27 heavy (non-hydrogen) atoms. The van der Waals surface area contributed by atoms with Crippen LogP contribution in [0.5, 0.6) is 0 Å². The van der Waals surface area contributed by atoms with Gasteiger partial charge in [0.1, 0.15) is 11.4 Å². The number of carboxylic acid groups (broad SMARTS) is 1. The second kappa shape index (κ2) is 8.66. The molecule has 1 aromatic heterocycles. The number of rotatable bonds is 6. The smallest absolute Gasteiger partial charge is 0.416 e. The number of carboxylic acids is 1. The van der Waals surface area contributed by atoms with Crippen molar-refractivity contribution < 1.29 is 19.4 Å². The standard InChI is InChI=1S/C19H26N4O4/c1-19(2,3)27-18(26)23-10-4-5-13-6-7-15(22-16(13)23)8-9-21-12-14(11-20)17(24)25/h6-7,11-12,20-21H,4-5,8-10H2,1-3H3,(H,24,25)/b14-12+,20-11?. The summed E-state index contributed by atoms with van der Waals surface area (Å²) in [5.74, 6) is -0.522. The Hall–Kier alpha value is -2.90. The molecule has 0 saturated carbocycles. The normalized spacial score (nSPS) is 14.3. The number of hydrogen-bond donors (Lipinski definition) is 3. The average Bonchev–Trinajstić information content (AvgIpc) is 2.59. The van der Waals surface area contributed by atoms with Crippen molar-refractivity contribution in [1.29, 1.82) is 5.41 Å². The van der Waals surface area contributed by atoms with Crippen LogP contribution in [0.3, 0.4) is 0 Å². The molecule has 146 valence electrons. The molecular weight excluding hydrogens is 348 g/mol. The zero-order valence-electron chi connectivity index (χ0n) is 15.9. The van der Waals surface area contributed by atoms with Crippen molar-refractivity contribution in [3.8, 4) is 0 Å². The van der Waals surface area contributed by atoms with Crippen molar-refractivity contribution in [3.05, 3.63) is 35.2 Å². The number of fused-ring (bicyclic) bond motifs is 1. The molecule has 1 aliphatic heterocycles. The highest BCUT2D eigenvalue weighted by Crippen LogP contribution is 2.27. The number of nitrogens with one attached hydrogen (secondary N) is 2. The highest BCUT2D eigenvalue weighted by Gasteiger charge is 2.28. The van der Waals surface area contributed by atoms with Gasteiger partial charge in [-0.25, -0.2) is 14.6 Å². The molecule has 1 aliphatic rings. The molecule has 1 aromatic rings. The zero-order chi connectivity index (χ0) is 20.0. The largest absolute Gasteiger partial charge is 0.478 e. The molecule has 2 heterocycles. The van der Waals surface area contributed by atoms with Crippen LogP contribution in [0.25, 0.3) is 0 Å². The number of amides is 1. The fraction of sp³-hybridized carbons (Fsp3) is 0.474. The van der Waals surface area contributed by atoms with Gasteiger partial charge in [-0.1, -0.05) is 6.07 Å². The van der Waals surface area contributed by atoms with E-state index in [9.17, 15) is 9.59 Å². The Labute approximate surface area is 158 Å². The van der Waals surface area contributed by atoms with Crippen molar-refractivity contribution in [2.75, 3.05) is 18.0 Å². The quantitative estimate of drug-likeness (QED) is 0.400. The summed E-state index contributed by atoms with van der Waals surface area (Å²) in [6.45, 7) is 6.53. The summed E-state index contributed by atoms with van der Waals surface area (Å²) < 4.78 is 5.48. The molecule has 0 aliphatic carbocycles. The molecule has 0 bridgehead atoms. The SMILES string of the molecule is CC(C)(C)OC(=O)N1CCCc2ccc(CCN/C=C(\C=N)C(=O)O)nc21. The summed E-state index contributed by atoms with van der Waals surface area (Å²) in [6.07, 6.45) is 3.96. The van der Waals surface area contributed by atoms with Gasteiger partial charge in [0.2, 0.25) is 0 Å². The van der Waals surface area contributed by atoms with Crippen LogP contribution in [0.4, 0.5) is 10.6 Å². The number of aromatic nitrogens is 1. The summed E-state index contributed by atoms with van der Waals surface area (Å²) in [5.41, 5.74) is 1.11. The van der Waals surface area contributed by atoms with Crippen LogP contribution < -0.4 is 10.2 Å². The van der Waals surface area contributed by atoms with Gasteiger partial charge in [-0.2, -0.15) is 0 Å². The predicted molar refractivity (Wildman–Crippen MR) is 102 cm³/mol. The van der Waals surface area contributed by atoms with Gasteiger partial charge in [-0.3, -0.25) is 4.90 Å². The molecule has 0 spiro atoms. The Bertz CT molecular complexity index is 753. The van der Waals surface area contributed by atoms with Gasteiger partial charge in [-0.15, -0.1) is 0 Å². The van der Waals surface area contributed by atoms with Gasteiger partial charge >= 0.3 is 12.1 Å². The number of hydrogen-bond acceptors (Lipinski definition) is 6. The van der Waals surface area contributed by atoms with Crippen LogP contribution in [-0.2, 0) is 22.4 Å². The third-order valence-corrected chi connectivity index (χ3v) is 3.90. The molecule has 1 amide bonds. The lowest BCUT2D eigenvalue weighted by atomic mass is 10.0. The summed E-state index contributed by atoms with van der Waals surface area (Å²) in [7, 11) is 0. The van der Waals surface area contributed by atoms with E-state index in [2.05, 4.69) is 10.3 Å². The van der Waals surface area contributed by atoms with Crippen molar-refractivity contribution in [2.24, 2.45) is 0 Å². The van der Waals surface area contributed by atoms with E-state index < -0.39 is 17.7 Å². The minimum absolute atomic E-state index is 0.121. The topological polar surface area (TPSA) is 116 Å². The van der Waals surface area contributed by atoms with Gasteiger partial charge in [0.25, 0.3) is 0 Å². The molecule has 8 heteroatoms. The molecule has 0 aromatic carbocycles. The molecule has 0 saturated heterocycles. The molecule has 0 atom stereocenters. The van der Waals surface area contributed by atoms with Gasteiger partial charge in [0.15, 0.2) is 0 Å². The van der Waals surface area contributed by atoms with Crippen LogP contribution >= 0.6 is 0 Å². The van der Waals surface area contributed by atoms with Crippen LogP contribution in [0, 0.1) is 5.41 Å². The predicted octanol–water partition coefficient (Wildman–Crippen LogP) is 2.52. The van der Waals surface area contributed by atoms with Crippen molar-refractivity contribution in [2.45, 2.75) is 45.6 Å². The molecular formula is C19H26N4O4. The second-order valence-electron chi connectivity index (χ2n) is 7.27. The van der Waals surface area contributed by atoms with Gasteiger partial charge in [0.05, 0.1) is 5.57 Å². The number of pyridine rings is 1. The fourth-order valence-electron chi connectivity index (χ4n) is 2.66. The highest BCUT2D eigenvalue weighted by molar-refractivity contribution is 6.07. The maximum atomic E-state index is 12.5. The number of aryl methyl sites for hydroxylation is 1. The van der Waals surface area contributed by atoms with Crippen molar-refractivity contribution in [1.82, 2.24) is 10.3 Å². The minimum Gasteiger partial charge on any atom is -0.478 e. The number of aliphatic carboxylic acids is 1. The first kappa shape index (κ1) is 20.4. The van der Waals surface area contributed by atoms with Crippen LogP contribution in [0.2, 0.25) is 0 Å². The molecule has 3 N–H and O–H groups in total. The number of ether oxygens (including phenoxy) is 1. The van der Waals surface area contributed by atoms with E-state index >= 15 is 0 Å². The zero-order valence-corrected chi connectivity index (χ0v) is 15.9. The fourth-order valence-corrected chi connectivity index (χ4v) is 2.66. The highest BCUT2D eigenvalue weighted by atomic mass is 16.6. The minimum atomic E-state index is -1.16. The number of nitrogens with zero attached hydrogens (tertiary/aromatic N) is 2. The summed E-state index contributed by atoms with van der Waals surface area (Å²) >= 11 is 0. The third kappa shape index (κ3) is 5.80. The first-order valence-electron chi connectivity index (χ1n) is 8.88. The molecule has 8 nitrogen and oxygen atoms in total. The summed E-state index contributed by atoms with van der Waals surface area (Å²) in [4.78, 5) is 29.5. The second-order valence-corrected chi connectivity index (χ2v) is 7.27. The molecule has 0 radical (unpaired) electrons. The Morgan fingerprint density at radius 1 is 1.41 bits per heavy atom. The Kier molecular flexibility index (Phi) is 6.55. The average molecular weight is 374 g/mol. The molecule has 0 fully saturated rings. The van der Waals surface area contributed by atoms with E-state index in [0.29, 0.717) is 25.3 Å². The van der Waals surface area contributed by atoms with E-state index in [-0.39, 0.29) is 5.57 Å². The molecule has 0 unspecified atom stereocenters. The summed E-state index contributed by atoms with van der Waals surface area (Å²) in [6, 6.07) is 3.89. The van der Waals surface area contributed by atoms with E-state index in [1.165, 1.54) is 6.20 Å². The Morgan fingerprint density at radius 2 is 2.15 bits per heavy atom. The lowest BCUT2D eigenvalue weighted by molar-refractivity contribution is -0.132. The van der Waals surface area contributed by atoms with E-state index in [1.54, 1.807) is 4.90 Å². The lowest BCUT2D eigenvalue weighted by Crippen LogP contribution is -2.40. The van der Waals surface area contributed by atoms with E-state index in [1.807, 2.05) is 32.9 Å². The Balaban J connectivity index is 2.07. The third-order valence-electron chi connectivity index (χ3n) is 3.90. The Morgan fingerprint density at radius 3 is 2.78 bits per heavy atom. The van der Waals surface area contributed by atoms with E-state index in [0.717, 1.165) is 30.3 Å². The van der Waals surface area contributed by atoms with Gasteiger partial charge in [0, 0.05) is 37.6 Å². The maximum Gasteiger partial charge on any atom is 0.416 e. The lowest BCUT2D eigenvalue weighted by Gasteiger charge is -2.31. The van der Waals surface area contributed by atoms with Gasteiger partial charge in [-0.05, 0) is 45.2 Å². The van der Waals surface area contributed by atoms with Crippen LogP contribution in [0.15, 0.2) is 23.9 Å². The number of carbonyl (C=O) groups is 2. The number of carbonyl (C=O) groups excluding carboxylic acids is 1. The monoisotopic (exact) mass is 374 g/mol. The first-order chi connectivity index (χ1) is 12.7. The van der Waals surface area contributed by atoms with Crippen LogP contribution in [-0.4, -0.2) is 47.1 Å². The van der Waals surface area contributed by atoms with Crippen molar-refractivity contribution in [3.63, 3.8) is 0 Å². The van der Waals surface area contributed by atoms with Gasteiger partial charge < -0.3 is 20.6 Å². The van der Waals surface area contributed by atoms with Crippen molar-refractivity contribution >= 4 is 24.1 Å². The van der Waals surface area contributed by atoms with Crippen LogP contribution in [0.1, 0.15) is 38.4 Å².